The van der Waals surface area contributed by atoms with E-state index in [1.54, 1.807) is 6.20 Å². The largest absolute Gasteiger partial charge is 0.372 e. The minimum absolute atomic E-state index is 0.530. The lowest BCUT2D eigenvalue weighted by atomic mass is 10.0. The second-order valence-electron chi connectivity index (χ2n) is 5.04. The Kier molecular flexibility index (Phi) is 3.96. The first kappa shape index (κ1) is 13.5. The molecular formula is C15H17BrN4. The minimum Gasteiger partial charge on any atom is -0.372 e. The molecule has 1 saturated carbocycles. The Morgan fingerprint density at radius 2 is 2.00 bits per heavy atom. The van der Waals surface area contributed by atoms with Crippen LogP contribution in [0.5, 0.6) is 0 Å². The zero-order valence-corrected chi connectivity index (χ0v) is 13.0. The van der Waals surface area contributed by atoms with E-state index in [1.165, 1.54) is 25.7 Å². The van der Waals surface area contributed by atoms with Gasteiger partial charge in [0.1, 0.15) is 11.5 Å². The zero-order valence-electron chi connectivity index (χ0n) is 11.4. The fourth-order valence-corrected chi connectivity index (χ4v) is 3.41. The van der Waals surface area contributed by atoms with Crippen molar-refractivity contribution < 1.29 is 0 Å². The molecule has 104 valence electrons. The van der Waals surface area contributed by atoms with Gasteiger partial charge in [0.15, 0.2) is 5.82 Å². The van der Waals surface area contributed by atoms with Crippen molar-refractivity contribution in [2.75, 3.05) is 12.4 Å². The fraction of sp³-hybridized carbons (Fsp3) is 0.400. The Morgan fingerprint density at radius 1 is 1.20 bits per heavy atom. The van der Waals surface area contributed by atoms with Crippen LogP contribution in [0.2, 0.25) is 0 Å². The smallest absolute Gasteiger partial charge is 0.180 e. The second kappa shape index (κ2) is 5.87. The Labute approximate surface area is 127 Å². The summed E-state index contributed by atoms with van der Waals surface area (Å²) in [5.41, 5.74) is 1.93. The third-order valence-corrected chi connectivity index (χ3v) is 4.53. The van der Waals surface area contributed by atoms with E-state index in [1.807, 2.05) is 25.2 Å². The Bertz CT molecular complexity index is 594. The standard InChI is InChI=1S/C15H17BrN4/c1-17-15-12(16)13(10-6-2-3-7-10)19-14(20-15)11-8-4-5-9-18-11/h4-5,8-10H,2-3,6-7H2,1H3,(H,17,19,20). The van der Waals surface area contributed by atoms with E-state index >= 15 is 0 Å². The Morgan fingerprint density at radius 3 is 2.65 bits per heavy atom. The van der Waals surface area contributed by atoms with Crippen molar-refractivity contribution in [1.29, 1.82) is 0 Å². The molecule has 1 aliphatic carbocycles. The lowest BCUT2D eigenvalue weighted by Crippen LogP contribution is -2.06. The SMILES string of the molecule is CNc1nc(-c2ccccn2)nc(C2CCCC2)c1Br. The van der Waals surface area contributed by atoms with Gasteiger partial charge in [-0.15, -0.1) is 0 Å². The van der Waals surface area contributed by atoms with Gasteiger partial charge in [-0.1, -0.05) is 18.9 Å². The number of anilines is 1. The minimum atomic E-state index is 0.530. The van der Waals surface area contributed by atoms with Gasteiger partial charge in [0.2, 0.25) is 0 Å². The first-order valence-corrected chi connectivity index (χ1v) is 7.75. The number of halogens is 1. The predicted octanol–water partition coefficient (Wildman–Crippen LogP) is 4.00. The predicted molar refractivity (Wildman–Crippen MR) is 83.7 cm³/mol. The van der Waals surface area contributed by atoms with Crippen molar-refractivity contribution in [2.24, 2.45) is 0 Å². The van der Waals surface area contributed by atoms with E-state index in [9.17, 15) is 0 Å². The summed E-state index contributed by atoms with van der Waals surface area (Å²) in [7, 11) is 1.88. The van der Waals surface area contributed by atoms with Crippen molar-refractivity contribution in [3.63, 3.8) is 0 Å². The maximum absolute atomic E-state index is 4.77. The number of nitrogens with zero attached hydrogens (tertiary/aromatic N) is 3. The van der Waals surface area contributed by atoms with Crippen LogP contribution in [0.4, 0.5) is 5.82 Å². The normalized spacial score (nSPS) is 15.5. The van der Waals surface area contributed by atoms with Crippen molar-refractivity contribution in [3.8, 4) is 11.5 Å². The summed E-state index contributed by atoms with van der Waals surface area (Å²) in [4.78, 5) is 13.7. The molecule has 0 unspecified atom stereocenters. The molecule has 0 radical (unpaired) electrons. The highest BCUT2D eigenvalue weighted by atomic mass is 79.9. The van der Waals surface area contributed by atoms with Crippen molar-refractivity contribution in [3.05, 3.63) is 34.6 Å². The number of rotatable bonds is 3. The van der Waals surface area contributed by atoms with Crippen LogP contribution in [0.1, 0.15) is 37.3 Å². The molecule has 0 saturated heterocycles. The molecule has 4 nitrogen and oxygen atoms in total. The van der Waals surface area contributed by atoms with Gasteiger partial charge in [-0.3, -0.25) is 4.98 Å². The summed E-state index contributed by atoms with van der Waals surface area (Å²) < 4.78 is 0.992. The summed E-state index contributed by atoms with van der Waals surface area (Å²) in [5, 5.41) is 3.14. The van der Waals surface area contributed by atoms with Crippen LogP contribution < -0.4 is 5.32 Å². The third-order valence-electron chi connectivity index (χ3n) is 3.75. The van der Waals surface area contributed by atoms with Crippen molar-refractivity contribution in [1.82, 2.24) is 15.0 Å². The fourth-order valence-electron chi connectivity index (χ4n) is 2.71. The highest BCUT2D eigenvalue weighted by Gasteiger charge is 2.24. The molecule has 0 spiro atoms. The van der Waals surface area contributed by atoms with Crippen LogP contribution in [0.25, 0.3) is 11.5 Å². The van der Waals surface area contributed by atoms with Crippen molar-refractivity contribution in [2.45, 2.75) is 31.6 Å². The van der Waals surface area contributed by atoms with E-state index in [2.05, 4.69) is 31.2 Å². The summed E-state index contributed by atoms with van der Waals surface area (Å²) in [6, 6.07) is 5.81. The summed E-state index contributed by atoms with van der Waals surface area (Å²) >= 11 is 3.65. The molecular weight excluding hydrogens is 316 g/mol. The Hall–Kier alpha value is -1.49. The first-order chi connectivity index (χ1) is 9.79. The number of hydrogen-bond acceptors (Lipinski definition) is 4. The number of hydrogen-bond donors (Lipinski definition) is 1. The summed E-state index contributed by atoms with van der Waals surface area (Å²) in [6.45, 7) is 0. The van der Waals surface area contributed by atoms with Gasteiger partial charge in [-0.2, -0.15) is 0 Å². The van der Waals surface area contributed by atoms with Gasteiger partial charge in [-0.25, -0.2) is 9.97 Å². The number of pyridine rings is 1. The average molecular weight is 333 g/mol. The van der Waals surface area contributed by atoms with Crippen LogP contribution in [-0.2, 0) is 0 Å². The molecule has 0 amide bonds. The zero-order chi connectivity index (χ0) is 13.9. The van der Waals surface area contributed by atoms with Gasteiger partial charge in [0, 0.05) is 19.2 Å². The van der Waals surface area contributed by atoms with Crippen molar-refractivity contribution >= 4 is 21.7 Å². The van der Waals surface area contributed by atoms with Gasteiger partial charge >= 0.3 is 0 Å². The molecule has 0 aromatic carbocycles. The molecule has 2 heterocycles. The lowest BCUT2D eigenvalue weighted by Gasteiger charge is -2.15. The Balaban J connectivity index is 2.09. The molecule has 20 heavy (non-hydrogen) atoms. The van der Waals surface area contributed by atoms with E-state index in [4.69, 9.17) is 4.98 Å². The highest BCUT2D eigenvalue weighted by Crippen LogP contribution is 2.39. The van der Waals surface area contributed by atoms with Crippen LogP contribution in [0.3, 0.4) is 0 Å². The van der Waals surface area contributed by atoms with E-state index in [-0.39, 0.29) is 0 Å². The van der Waals surface area contributed by atoms with Gasteiger partial charge in [-0.05, 0) is 40.9 Å². The van der Waals surface area contributed by atoms with Crippen LogP contribution in [0.15, 0.2) is 28.9 Å². The van der Waals surface area contributed by atoms with E-state index < -0.39 is 0 Å². The molecule has 0 atom stereocenters. The molecule has 1 N–H and O–H groups in total. The molecule has 5 heteroatoms. The number of aromatic nitrogens is 3. The van der Waals surface area contributed by atoms with Crippen LogP contribution in [0, 0.1) is 0 Å². The molecule has 3 rings (SSSR count). The van der Waals surface area contributed by atoms with E-state index in [0.717, 1.165) is 21.7 Å². The van der Waals surface area contributed by atoms with Gasteiger partial charge in [0.25, 0.3) is 0 Å². The maximum Gasteiger partial charge on any atom is 0.180 e. The molecule has 2 aromatic rings. The third kappa shape index (κ3) is 2.54. The van der Waals surface area contributed by atoms with Gasteiger partial charge < -0.3 is 5.32 Å². The second-order valence-corrected chi connectivity index (χ2v) is 5.83. The lowest BCUT2D eigenvalue weighted by molar-refractivity contribution is 0.691. The highest BCUT2D eigenvalue weighted by molar-refractivity contribution is 9.10. The summed E-state index contributed by atoms with van der Waals surface area (Å²) in [5.74, 6) is 2.06. The van der Waals surface area contributed by atoms with Crippen LogP contribution in [-0.4, -0.2) is 22.0 Å². The van der Waals surface area contributed by atoms with E-state index in [0.29, 0.717) is 11.7 Å². The molecule has 0 bridgehead atoms. The average Bonchev–Trinajstić information content (AvgIpc) is 3.02. The van der Waals surface area contributed by atoms with Gasteiger partial charge in [0.05, 0.1) is 10.2 Å². The quantitative estimate of drug-likeness (QED) is 0.922. The van der Waals surface area contributed by atoms with Crippen LogP contribution >= 0.6 is 15.9 Å². The number of nitrogens with one attached hydrogen (secondary N) is 1. The monoisotopic (exact) mass is 332 g/mol. The topological polar surface area (TPSA) is 50.7 Å². The maximum atomic E-state index is 4.77. The molecule has 2 aromatic heterocycles. The molecule has 1 fully saturated rings. The first-order valence-electron chi connectivity index (χ1n) is 6.96. The molecule has 1 aliphatic rings. The summed E-state index contributed by atoms with van der Waals surface area (Å²) in [6.07, 6.45) is 6.76. The molecule has 0 aliphatic heterocycles.